The summed E-state index contributed by atoms with van der Waals surface area (Å²) in [5, 5.41) is 7.93. The quantitative estimate of drug-likeness (QED) is 0.796. The Morgan fingerprint density at radius 2 is 2.28 bits per heavy atom. The highest BCUT2D eigenvalue weighted by atomic mass is 35.5. The van der Waals surface area contributed by atoms with Crippen LogP contribution in [-0.4, -0.2) is 45.5 Å². The average molecular weight is 268 g/mol. The SMILES string of the molecule is CC1(C)COCCN1c1nc(Cl)nc2[nH]ncc12. The molecule has 0 unspecified atom stereocenters. The maximum atomic E-state index is 5.97. The van der Waals surface area contributed by atoms with E-state index in [0.29, 0.717) is 18.9 Å². The number of ether oxygens (including phenoxy) is 1. The molecule has 1 aliphatic heterocycles. The van der Waals surface area contributed by atoms with Crippen LogP contribution in [0.25, 0.3) is 11.0 Å². The molecule has 6 nitrogen and oxygen atoms in total. The predicted molar refractivity (Wildman–Crippen MR) is 68.9 cm³/mol. The first-order chi connectivity index (χ1) is 8.58. The van der Waals surface area contributed by atoms with Gasteiger partial charge in [0.05, 0.1) is 30.3 Å². The van der Waals surface area contributed by atoms with Crippen LogP contribution in [0.4, 0.5) is 5.82 Å². The first-order valence-corrected chi connectivity index (χ1v) is 6.18. The van der Waals surface area contributed by atoms with Crippen molar-refractivity contribution in [3.8, 4) is 0 Å². The van der Waals surface area contributed by atoms with E-state index in [-0.39, 0.29) is 10.8 Å². The Labute approximate surface area is 109 Å². The summed E-state index contributed by atoms with van der Waals surface area (Å²) in [6.45, 7) is 6.36. The lowest BCUT2D eigenvalue weighted by Crippen LogP contribution is -2.53. The van der Waals surface area contributed by atoms with Crippen LogP contribution in [0.5, 0.6) is 0 Å². The number of hydrogen-bond acceptors (Lipinski definition) is 5. The van der Waals surface area contributed by atoms with Crippen LogP contribution in [-0.2, 0) is 4.74 Å². The average Bonchev–Trinajstić information content (AvgIpc) is 2.75. The maximum absolute atomic E-state index is 5.97. The predicted octanol–water partition coefficient (Wildman–Crippen LogP) is 1.62. The summed E-state index contributed by atoms with van der Waals surface area (Å²) < 4.78 is 5.52. The van der Waals surface area contributed by atoms with Gasteiger partial charge in [-0.15, -0.1) is 0 Å². The summed E-state index contributed by atoms with van der Waals surface area (Å²) in [7, 11) is 0. The molecule has 3 heterocycles. The van der Waals surface area contributed by atoms with Crippen LogP contribution in [0, 0.1) is 0 Å². The number of aromatic amines is 1. The number of anilines is 1. The maximum Gasteiger partial charge on any atom is 0.226 e. The third-order valence-corrected chi connectivity index (χ3v) is 3.33. The van der Waals surface area contributed by atoms with Crippen LogP contribution in [0.15, 0.2) is 6.20 Å². The van der Waals surface area contributed by atoms with E-state index >= 15 is 0 Å². The van der Waals surface area contributed by atoms with Gasteiger partial charge in [0.25, 0.3) is 0 Å². The fourth-order valence-corrected chi connectivity index (χ4v) is 2.41. The van der Waals surface area contributed by atoms with Crippen LogP contribution in [0.1, 0.15) is 13.8 Å². The van der Waals surface area contributed by atoms with Gasteiger partial charge in [0.2, 0.25) is 5.28 Å². The zero-order chi connectivity index (χ0) is 12.8. The van der Waals surface area contributed by atoms with E-state index in [9.17, 15) is 0 Å². The van der Waals surface area contributed by atoms with E-state index in [1.54, 1.807) is 6.20 Å². The molecule has 0 aliphatic carbocycles. The second kappa shape index (κ2) is 4.07. The number of rotatable bonds is 1. The van der Waals surface area contributed by atoms with E-state index in [2.05, 4.69) is 38.9 Å². The third-order valence-electron chi connectivity index (χ3n) is 3.16. The highest BCUT2D eigenvalue weighted by molar-refractivity contribution is 6.28. The summed E-state index contributed by atoms with van der Waals surface area (Å²) >= 11 is 5.97. The number of H-pyrrole nitrogens is 1. The third kappa shape index (κ3) is 1.81. The van der Waals surface area contributed by atoms with Crippen molar-refractivity contribution in [3.63, 3.8) is 0 Å². The van der Waals surface area contributed by atoms with Crippen LogP contribution in [0.2, 0.25) is 5.28 Å². The largest absolute Gasteiger partial charge is 0.377 e. The normalized spacial score (nSPS) is 19.4. The Morgan fingerprint density at radius 3 is 3.06 bits per heavy atom. The van der Waals surface area contributed by atoms with Gasteiger partial charge in [0.15, 0.2) is 5.65 Å². The Morgan fingerprint density at radius 1 is 1.44 bits per heavy atom. The first kappa shape index (κ1) is 11.7. The van der Waals surface area contributed by atoms with E-state index in [4.69, 9.17) is 16.3 Å². The van der Waals surface area contributed by atoms with E-state index in [1.807, 2.05) is 0 Å². The molecule has 1 saturated heterocycles. The second-order valence-electron chi connectivity index (χ2n) is 4.97. The summed E-state index contributed by atoms with van der Waals surface area (Å²) in [6.07, 6.45) is 1.73. The number of nitrogens with zero attached hydrogens (tertiary/aromatic N) is 4. The van der Waals surface area contributed by atoms with Crippen molar-refractivity contribution in [1.29, 1.82) is 0 Å². The van der Waals surface area contributed by atoms with Gasteiger partial charge in [-0.1, -0.05) is 0 Å². The molecule has 0 radical (unpaired) electrons. The first-order valence-electron chi connectivity index (χ1n) is 5.80. The Balaban J connectivity index is 2.15. The van der Waals surface area contributed by atoms with Gasteiger partial charge in [0.1, 0.15) is 5.82 Å². The molecule has 0 bridgehead atoms. The molecule has 7 heteroatoms. The van der Waals surface area contributed by atoms with Gasteiger partial charge in [-0.2, -0.15) is 15.1 Å². The number of halogens is 1. The number of morpholine rings is 1. The van der Waals surface area contributed by atoms with Gasteiger partial charge in [-0.25, -0.2) is 0 Å². The van der Waals surface area contributed by atoms with Crippen molar-refractivity contribution in [2.24, 2.45) is 0 Å². The van der Waals surface area contributed by atoms with E-state index < -0.39 is 0 Å². The highest BCUT2D eigenvalue weighted by Gasteiger charge is 2.33. The number of hydrogen-bond donors (Lipinski definition) is 1. The number of aromatic nitrogens is 4. The Hall–Kier alpha value is -1.40. The van der Waals surface area contributed by atoms with E-state index in [1.165, 1.54) is 0 Å². The molecule has 0 saturated carbocycles. The van der Waals surface area contributed by atoms with Crippen molar-refractivity contribution in [2.75, 3.05) is 24.7 Å². The van der Waals surface area contributed by atoms with Crippen molar-refractivity contribution in [1.82, 2.24) is 20.2 Å². The minimum Gasteiger partial charge on any atom is -0.377 e. The van der Waals surface area contributed by atoms with Crippen LogP contribution < -0.4 is 4.90 Å². The van der Waals surface area contributed by atoms with Gasteiger partial charge in [-0.05, 0) is 25.4 Å². The van der Waals surface area contributed by atoms with Gasteiger partial charge in [0, 0.05) is 6.54 Å². The molecule has 18 heavy (non-hydrogen) atoms. The fourth-order valence-electron chi connectivity index (χ4n) is 2.25. The molecular formula is C11H14ClN5O. The smallest absolute Gasteiger partial charge is 0.226 e. The molecule has 0 spiro atoms. The second-order valence-corrected chi connectivity index (χ2v) is 5.30. The van der Waals surface area contributed by atoms with Crippen molar-refractivity contribution < 1.29 is 4.74 Å². The molecule has 2 aromatic rings. The van der Waals surface area contributed by atoms with Gasteiger partial charge < -0.3 is 9.64 Å². The van der Waals surface area contributed by atoms with E-state index in [0.717, 1.165) is 17.7 Å². The highest BCUT2D eigenvalue weighted by Crippen LogP contribution is 2.30. The lowest BCUT2D eigenvalue weighted by Gasteiger charge is -2.43. The molecular weight excluding hydrogens is 254 g/mol. The number of nitrogens with one attached hydrogen (secondary N) is 1. The number of fused-ring (bicyclic) bond motifs is 1. The van der Waals surface area contributed by atoms with Crippen LogP contribution in [0.3, 0.4) is 0 Å². The summed E-state index contributed by atoms with van der Waals surface area (Å²) in [5.74, 6) is 0.812. The minimum absolute atomic E-state index is 0.125. The molecule has 0 amide bonds. The topological polar surface area (TPSA) is 66.9 Å². The zero-order valence-corrected chi connectivity index (χ0v) is 11.0. The zero-order valence-electron chi connectivity index (χ0n) is 10.3. The minimum atomic E-state index is -0.125. The molecule has 0 atom stereocenters. The summed E-state index contributed by atoms with van der Waals surface area (Å²) in [4.78, 5) is 10.7. The monoisotopic (exact) mass is 267 g/mol. The van der Waals surface area contributed by atoms with Crippen molar-refractivity contribution >= 4 is 28.5 Å². The van der Waals surface area contributed by atoms with Gasteiger partial charge in [-0.3, -0.25) is 5.10 Å². The molecule has 3 rings (SSSR count). The van der Waals surface area contributed by atoms with Crippen molar-refractivity contribution in [3.05, 3.63) is 11.5 Å². The molecule has 1 N–H and O–H groups in total. The Kier molecular flexibility index (Phi) is 2.64. The summed E-state index contributed by atoms with van der Waals surface area (Å²) in [6, 6.07) is 0. The fraction of sp³-hybridized carbons (Fsp3) is 0.545. The molecule has 96 valence electrons. The standard InChI is InChI=1S/C11H14ClN5O/c1-11(2)6-18-4-3-17(11)9-7-5-13-16-8(7)14-10(12)15-9/h5H,3-4,6H2,1-2H3,(H,13,14,15,16). The lowest BCUT2D eigenvalue weighted by atomic mass is 10.0. The molecule has 2 aromatic heterocycles. The van der Waals surface area contributed by atoms with Crippen molar-refractivity contribution in [2.45, 2.75) is 19.4 Å². The van der Waals surface area contributed by atoms with Crippen LogP contribution >= 0.6 is 11.6 Å². The molecule has 1 fully saturated rings. The Bertz CT molecular complexity index is 582. The molecule has 1 aliphatic rings. The lowest BCUT2D eigenvalue weighted by molar-refractivity contribution is 0.0641. The summed E-state index contributed by atoms with van der Waals surface area (Å²) in [5.41, 5.74) is 0.535. The van der Waals surface area contributed by atoms with Gasteiger partial charge >= 0.3 is 0 Å². The molecule has 0 aromatic carbocycles.